The SMILES string of the molecule is O=C(NCc1ccccc1)C1CCN(C(=O)/C=C/c2ccc(C(F)(F)F)cc2)CC1. The van der Waals surface area contributed by atoms with Gasteiger partial charge in [-0.2, -0.15) is 13.2 Å². The van der Waals surface area contributed by atoms with E-state index < -0.39 is 11.7 Å². The summed E-state index contributed by atoms with van der Waals surface area (Å²) in [5.74, 6) is -0.346. The van der Waals surface area contributed by atoms with Crippen LogP contribution in [0.2, 0.25) is 0 Å². The van der Waals surface area contributed by atoms with Crippen LogP contribution in [0.15, 0.2) is 60.7 Å². The number of halogens is 3. The molecule has 0 spiro atoms. The minimum atomic E-state index is -4.38. The molecular formula is C23H23F3N2O2. The number of nitrogens with zero attached hydrogens (tertiary/aromatic N) is 1. The number of amides is 2. The van der Waals surface area contributed by atoms with Crippen molar-refractivity contribution in [1.29, 1.82) is 0 Å². The topological polar surface area (TPSA) is 49.4 Å². The van der Waals surface area contributed by atoms with Gasteiger partial charge in [-0.25, -0.2) is 0 Å². The van der Waals surface area contributed by atoms with Crippen molar-refractivity contribution in [1.82, 2.24) is 10.2 Å². The lowest BCUT2D eigenvalue weighted by Crippen LogP contribution is -2.42. The first-order valence-corrected chi connectivity index (χ1v) is 9.79. The zero-order chi connectivity index (χ0) is 21.6. The van der Waals surface area contributed by atoms with Gasteiger partial charge in [0.15, 0.2) is 0 Å². The molecule has 0 aromatic heterocycles. The Balaban J connectivity index is 1.45. The van der Waals surface area contributed by atoms with Crippen LogP contribution in [0.1, 0.15) is 29.5 Å². The second-order valence-electron chi connectivity index (χ2n) is 7.26. The lowest BCUT2D eigenvalue weighted by molar-refractivity contribution is -0.137. The van der Waals surface area contributed by atoms with Gasteiger partial charge >= 0.3 is 6.18 Å². The molecule has 0 saturated carbocycles. The fraction of sp³-hybridized carbons (Fsp3) is 0.304. The number of nitrogens with one attached hydrogen (secondary N) is 1. The largest absolute Gasteiger partial charge is 0.416 e. The molecule has 0 bridgehead atoms. The third-order valence-corrected chi connectivity index (χ3v) is 5.14. The molecule has 1 fully saturated rings. The van der Waals surface area contributed by atoms with Gasteiger partial charge in [0.2, 0.25) is 11.8 Å². The molecule has 4 nitrogen and oxygen atoms in total. The van der Waals surface area contributed by atoms with E-state index >= 15 is 0 Å². The van der Waals surface area contributed by atoms with Gasteiger partial charge in [0, 0.05) is 31.6 Å². The summed E-state index contributed by atoms with van der Waals surface area (Å²) >= 11 is 0. The predicted octanol–water partition coefficient (Wildman–Crippen LogP) is 4.27. The van der Waals surface area contributed by atoms with Crippen LogP contribution in [0.25, 0.3) is 6.08 Å². The molecule has 1 aliphatic rings. The molecule has 0 atom stereocenters. The van der Waals surface area contributed by atoms with E-state index in [0.717, 1.165) is 17.7 Å². The van der Waals surface area contributed by atoms with E-state index in [-0.39, 0.29) is 17.7 Å². The van der Waals surface area contributed by atoms with Crippen molar-refractivity contribution in [3.8, 4) is 0 Å². The predicted molar refractivity (Wildman–Crippen MR) is 108 cm³/mol. The highest BCUT2D eigenvalue weighted by Crippen LogP contribution is 2.29. The van der Waals surface area contributed by atoms with Crippen LogP contribution < -0.4 is 5.32 Å². The standard InChI is InChI=1S/C23H23F3N2O2/c24-23(25,26)20-9-6-17(7-10-20)8-11-21(29)28-14-12-19(13-15-28)22(30)27-16-18-4-2-1-3-5-18/h1-11,19H,12-16H2,(H,27,30)/b11-8+. The van der Waals surface area contributed by atoms with E-state index in [1.54, 1.807) is 4.90 Å². The summed E-state index contributed by atoms with van der Waals surface area (Å²) in [7, 11) is 0. The van der Waals surface area contributed by atoms with Crippen LogP contribution in [-0.4, -0.2) is 29.8 Å². The van der Waals surface area contributed by atoms with E-state index in [4.69, 9.17) is 0 Å². The normalized spacial score (nSPS) is 15.4. The van der Waals surface area contributed by atoms with Gasteiger partial charge in [0.05, 0.1) is 5.56 Å². The van der Waals surface area contributed by atoms with Gasteiger partial charge in [-0.3, -0.25) is 9.59 Å². The van der Waals surface area contributed by atoms with Crippen molar-refractivity contribution >= 4 is 17.9 Å². The Hall–Kier alpha value is -3.09. The molecular weight excluding hydrogens is 393 g/mol. The Morgan fingerprint density at radius 1 is 1.00 bits per heavy atom. The first kappa shape index (κ1) is 21.6. The highest BCUT2D eigenvalue weighted by atomic mass is 19.4. The number of alkyl halides is 3. The van der Waals surface area contributed by atoms with Crippen LogP contribution in [-0.2, 0) is 22.3 Å². The number of hydrogen-bond donors (Lipinski definition) is 1. The molecule has 0 unspecified atom stereocenters. The summed E-state index contributed by atoms with van der Waals surface area (Å²) < 4.78 is 37.8. The van der Waals surface area contributed by atoms with Gasteiger partial charge in [-0.1, -0.05) is 42.5 Å². The van der Waals surface area contributed by atoms with Crippen molar-refractivity contribution in [3.05, 3.63) is 77.4 Å². The number of carbonyl (C=O) groups is 2. The molecule has 1 heterocycles. The van der Waals surface area contributed by atoms with Gasteiger partial charge in [-0.05, 0) is 42.2 Å². The first-order chi connectivity index (χ1) is 14.3. The Labute approximate surface area is 173 Å². The van der Waals surface area contributed by atoms with Crippen LogP contribution in [0, 0.1) is 5.92 Å². The van der Waals surface area contributed by atoms with Gasteiger partial charge in [-0.15, -0.1) is 0 Å². The minimum absolute atomic E-state index is 0.00810. The molecule has 1 N–H and O–H groups in total. The van der Waals surface area contributed by atoms with Crippen molar-refractivity contribution in [2.24, 2.45) is 5.92 Å². The monoisotopic (exact) mass is 416 g/mol. The second kappa shape index (κ2) is 9.61. The lowest BCUT2D eigenvalue weighted by Gasteiger charge is -2.30. The minimum Gasteiger partial charge on any atom is -0.352 e. The average Bonchev–Trinajstić information content (AvgIpc) is 2.76. The number of benzene rings is 2. The lowest BCUT2D eigenvalue weighted by atomic mass is 9.95. The van der Waals surface area contributed by atoms with E-state index in [9.17, 15) is 22.8 Å². The number of rotatable bonds is 5. The number of piperidine rings is 1. The maximum atomic E-state index is 12.6. The smallest absolute Gasteiger partial charge is 0.352 e. The van der Waals surface area contributed by atoms with E-state index in [1.165, 1.54) is 24.3 Å². The second-order valence-corrected chi connectivity index (χ2v) is 7.26. The van der Waals surface area contributed by atoms with Crippen LogP contribution in [0.3, 0.4) is 0 Å². The first-order valence-electron chi connectivity index (χ1n) is 9.79. The summed E-state index contributed by atoms with van der Waals surface area (Å²) in [5, 5.41) is 2.94. The Morgan fingerprint density at radius 2 is 1.63 bits per heavy atom. The van der Waals surface area contributed by atoms with E-state index in [0.29, 0.717) is 38.0 Å². The molecule has 3 rings (SSSR count). The molecule has 30 heavy (non-hydrogen) atoms. The fourth-order valence-electron chi connectivity index (χ4n) is 3.35. The molecule has 158 valence electrons. The van der Waals surface area contributed by atoms with Crippen LogP contribution in [0.4, 0.5) is 13.2 Å². The third-order valence-electron chi connectivity index (χ3n) is 5.14. The zero-order valence-corrected chi connectivity index (χ0v) is 16.4. The van der Waals surface area contributed by atoms with E-state index in [2.05, 4.69) is 5.32 Å². The molecule has 2 aromatic rings. The molecule has 1 saturated heterocycles. The molecule has 1 aliphatic heterocycles. The number of carbonyl (C=O) groups excluding carboxylic acids is 2. The van der Waals surface area contributed by atoms with Gasteiger partial charge < -0.3 is 10.2 Å². The van der Waals surface area contributed by atoms with Crippen molar-refractivity contribution in [2.75, 3.05) is 13.1 Å². The summed E-state index contributed by atoms with van der Waals surface area (Å²) in [6, 6.07) is 14.3. The molecule has 0 aliphatic carbocycles. The highest BCUT2D eigenvalue weighted by molar-refractivity contribution is 5.92. The van der Waals surface area contributed by atoms with Crippen molar-refractivity contribution < 1.29 is 22.8 Å². The maximum Gasteiger partial charge on any atom is 0.416 e. The summed E-state index contributed by atoms with van der Waals surface area (Å²) in [5.41, 5.74) is 0.831. The Morgan fingerprint density at radius 3 is 2.23 bits per heavy atom. The quantitative estimate of drug-likeness (QED) is 0.740. The van der Waals surface area contributed by atoms with Gasteiger partial charge in [0.25, 0.3) is 0 Å². The fourth-order valence-corrected chi connectivity index (χ4v) is 3.35. The molecule has 0 radical (unpaired) electrons. The Bertz CT molecular complexity index is 885. The zero-order valence-electron chi connectivity index (χ0n) is 16.4. The third kappa shape index (κ3) is 5.95. The number of hydrogen-bond acceptors (Lipinski definition) is 2. The summed E-state index contributed by atoms with van der Waals surface area (Å²) in [4.78, 5) is 26.3. The molecule has 7 heteroatoms. The van der Waals surface area contributed by atoms with Gasteiger partial charge in [0.1, 0.15) is 0 Å². The summed E-state index contributed by atoms with van der Waals surface area (Å²) in [6.07, 6.45) is -0.351. The average molecular weight is 416 g/mol. The summed E-state index contributed by atoms with van der Waals surface area (Å²) in [6.45, 7) is 1.42. The Kier molecular flexibility index (Phi) is 6.92. The maximum absolute atomic E-state index is 12.6. The van der Waals surface area contributed by atoms with Crippen molar-refractivity contribution in [3.63, 3.8) is 0 Å². The van der Waals surface area contributed by atoms with Crippen LogP contribution >= 0.6 is 0 Å². The van der Waals surface area contributed by atoms with Crippen molar-refractivity contribution in [2.45, 2.75) is 25.6 Å². The number of likely N-dealkylation sites (tertiary alicyclic amines) is 1. The van der Waals surface area contributed by atoms with E-state index in [1.807, 2.05) is 30.3 Å². The molecule has 2 amide bonds. The highest BCUT2D eigenvalue weighted by Gasteiger charge is 2.30. The van der Waals surface area contributed by atoms with Crippen LogP contribution in [0.5, 0.6) is 0 Å². The molecule has 2 aromatic carbocycles.